The van der Waals surface area contributed by atoms with Crippen molar-refractivity contribution < 1.29 is 0 Å². The van der Waals surface area contributed by atoms with Crippen molar-refractivity contribution in [3.63, 3.8) is 0 Å². The maximum atomic E-state index is 4.07. The lowest BCUT2D eigenvalue weighted by molar-refractivity contribution is 0.928. The summed E-state index contributed by atoms with van der Waals surface area (Å²) in [5.41, 5.74) is 3.52. The lowest BCUT2D eigenvalue weighted by atomic mass is 10.2. The van der Waals surface area contributed by atoms with Crippen LogP contribution in [0.3, 0.4) is 0 Å². The van der Waals surface area contributed by atoms with E-state index in [-0.39, 0.29) is 0 Å². The third-order valence-corrected chi connectivity index (χ3v) is 1.67. The molecule has 12 heavy (non-hydrogen) atoms. The molecular formula is C7H9N5. The van der Waals surface area contributed by atoms with Crippen LogP contribution in [-0.2, 0) is 0 Å². The molecule has 0 bridgehead atoms. The predicted molar refractivity (Wildman–Crippen MR) is 43.4 cm³/mol. The number of nitrogens with one attached hydrogen (secondary N) is 2. The predicted octanol–water partition coefficient (Wildman–Crippen LogP) is 0.812. The molecule has 0 spiro atoms. The Morgan fingerprint density at radius 3 is 2.50 bits per heavy atom. The van der Waals surface area contributed by atoms with Gasteiger partial charge < -0.3 is 0 Å². The SMILES string of the molecule is Cc1cc(-c2n[nH]nc2C)n[nH]1. The van der Waals surface area contributed by atoms with Gasteiger partial charge in [0.1, 0.15) is 11.4 Å². The number of H-pyrrole nitrogens is 2. The molecule has 0 aliphatic carbocycles. The van der Waals surface area contributed by atoms with Crippen LogP contribution in [0, 0.1) is 13.8 Å². The van der Waals surface area contributed by atoms with Gasteiger partial charge in [0.2, 0.25) is 0 Å². The summed E-state index contributed by atoms with van der Waals surface area (Å²) >= 11 is 0. The third-order valence-electron chi connectivity index (χ3n) is 1.67. The Morgan fingerprint density at radius 1 is 1.17 bits per heavy atom. The number of aromatic nitrogens is 5. The van der Waals surface area contributed by atoms with Crippen molar-refractivity contribution in [1.29, 1.82) is 0 Å². The lowest BCUT2D eigenvalue weighted by Gasteiger charge is -1.86. The molecule has 2 heterocycles. The summed E-state index contributed by atoms with van der Waals surface area (Å²) in [4.78, 5) is 0. The minimum Gasteiger partial charge on any atom is -0.282 e. The summed E-state index contributed by atoms with van der Waals surface area (Å²) in [7, 11) is 0. The summed E-state index contributed by atoms with van der Waals surface area (Å²) < 4.78 is 0. The summed E-state index contributed by atoms with van der Waals surface area (Å²) in [6.45, 7) is 3.84. The molecule has 0 saturated heterocycles. The summed E-state index contributed by atoms with van der Waals surface area (Å²) in [5.74, 6) is 0. The van der Waals surface area contributed by atoms with Crippen LogP contribution in [0.1, 0.15) is 11.4 Å². The largest absolute Gasteiger partial charge is 0.282 e. The maximum absolute atomic E-state index is 4.07. The van der Waals surface area contributed by atoms with Gasteiger partial charge in [-0.2, -0.15) is 20.5 Å². The van der Waals surface area contributed by atoms with E-state index in [1.807, 2.05) is 19.9 Å². The molecule has 0 amide bonds. The average Bonchev–Trinajstić information content (AvgIpc) is 2.58. The number of hydrogen-bond acceptors (Lipinski definition) is 3. The number of rotatable bonds is 1. The van der Waals surface area contributed by atoms with Crippen molar-refractivity contribution in [2.75, 3.05) is 0 Å². The van der Waals surface area contributed by atoms with Gasteiger partial charge in [-0.3, -0.25) is 5.10 Å². The fraction of sp³-hybridized carbons (Fsp3) is 0.286. The van der Waals surface area contributed by atoms with Crippen LogP contribution in [0.25, 0.3) is 11.4 Å². The average molecular weight is 163 g/mol. The topological polar surface area (TPSA) is 70.2 Å². The first-order chi connectivity index (χ1) is 5.77. The third kappa shape index (κ3) is 0.990. The van der Waals surface area contributed by atoms with Crippen LogP contribution in [0.4, 0.5) is 0 Å². The highest BCUT2D eigenvalue weighted by Crippen LogP contribution is 2.16. The van der Waals surface area contributed by atoms with Crippen LogP contribution in [0.15, 0.2) is 6.07 Å². The summed E-state index contributed by atoms with van der Waals surface area (Å²) in [6, 6.07) is 1.94. The molecule has 0 aliphatic rings. The van der Waals surface area contributed by atoms with Gasteiger partial charge in [-0.15, -0.1) is 0 Å². The fourth-order valence-electron chi connectivity index (χ4n) is 1.07. The fourth-order valence-corrected chi connectivity index (χ4v) is 1.07. The van der Waals surface area contributed by atoms with Gasteiger partial charge in [-0.25, -0.2) is 0 Å². The van der Waals surface area contributed by atoms with E-state index in [1.54, 1.807) is 0 Å². The Hall–Kier alpha value is -1.65. The first-order valence-electron chi connectivity index (χ1n) is 3.67. The zero-order valence-electron chi connectivity index (χ0n) is 6.92. The molecule has 0 radical (unpaired) electrons. The summed E-state index contributed by atoms with van der Waals surface area (Å²) in [5, 5.41) is 17.4. The molecule has 0 fully saturated rings. The van der Waals surface area contributed by atoms with Gasteiger partial charge in [0.05, 0.1) is 5.69 Å². The Bertz CT molecular complexity index is 386. The molecule has 5 heteroatoms. The van der Waals surface area contributed by atoms with Crippen molar-refractivity contribution >= 4 is 0 Å². The van der Waals surface area contributed by atoms with Gasteiger partial charge in [0, 0.05) is 5.69 Å². The molecule has 5 nitrogen and oxygen atoms in total. The van der Waals surface area contributed by atoms with E-state index in [4.69, 9.17) is 0 Å². The number of nitrogens with zero attached hydrogens (tertiary/aromatic N) is 3. The van der Waals surface area contributed by atoms with Gasteiger partial charge in [-0.1, -0.05) is 0 Å². The Morgan fingerprint density at radius 2 is 2.00 bits per heavy atom. The van der Waals surface area contributed by atoms with Crippen LogP contribution >= 0.6 is 0 Å². The Labute approximate surface area is 69.2 Å². The zero-order chi connectivity index (χ0) is 8.55. The maximum Gasteiger partial charge on any atom is 0.135 e. The normalized spacial score (nSPS) is 10.5. The Balaban J connectivity index is 2.50. The molecule has 62 valence electrons. The first-order valence-corrected chi connectivity index (χ1v) is 3.67. The minimum atomic E-state index is 0.805. The van der Waals surface area contributed by atoms with Gasteiger partial charge in [0.15, 0.2) is 0 Å². The van der Waals surface area contributed by atoms with E-state index in [2.05, 4.69) is 25.6 Å². The van der Waals surface area contributed by atoms with Gasteiger partial charge in [0.25, 0.3) is 0 Å². The lowest BCUT2D eigenvalue weighted by Crippen LogP contribution is -1.80. The molecule has 2 rings (SSSR count). The molecular weight excluding hydrogens is 154 g/mol. The zero-order valence-corrected chi connectivity index (χ0v) is 6.92. The van der Waals surface area contributed by atoms with E-state index in [1.165, 1.54) is 0 Å². The number of aromatic amines is 2. The van der Waals surface area contributed by atoms with E-state index >= 15 is 0 Å². The van der Waals surface area contributed by atoms with Crippen LogP contribution in [0.5, 0.6) is 0 Å². The number of hydrogen-bond donors (Lipinski definition) is 2. The Kier molecular flexibility index (Phi) is 1.43. The van der Waals surface area contributed by atoms with Crippen LogP contribution in [0.2, 0.25) is 0 Å². The van der Waals surface area contributed by atoms with Gasteiger partial charge in [-0.05, 0) is 19.9 Å². The molecule has 2 aromatic rings. The van der Waals surface area contributed by atoms with E-state index in [0.29, 0.717) is 0 Å². The molecule has 0 atom stereocenters. The molecule has 2 aromatic heterocycles. The second-order valence-corrected chi connectivity index (χ2v) is 2.69. The van der Waals surface area contributed by atoms with Crippen molar-refractivity contribution in [2.45, 2.75) is 13.8 Å². The molecule has 0 aliphatic heterocycles. The van der Waals surface area contributed by atoms with Gasteiger partial charge >= 0.3 is 0 Å². The second-order valence-electron chi connectivity index (χ2n) is 2.69. The van der Waals surface area contributed by atoms with E-state index in [0.717, 1.165) is 22.8 Å². The summed E-state index contributed by atoms with van der Waals surface area (Å²) in [6.07, 6.45) is 0. The second kappa shape index (κ2) is 2.44. The molecule has 0 saturated carbocycles. The minimum absolute atomic E-state index is 0.805. The first kappa shape index (κ1) is 7.02. The molecule has 0 aromatic carbocycles. The smallest absolute Gasteiger partial charge is 0.135 e. The quantitative estimate of drug-likeness (QED) is 0.653. The van der Waals surface area contributed by atoms with Crippen molar-refractivity contribution in [2.24, 2.45) is 0 Å². The van der Waals surface area contributed by atoms with E-state index in [9.17, 15) is 0 Å². The standard InChI is InChI=1S/C7H9N5/c1-4-3-6(10-8-4)7-5(2)9-12-11-7/h3H,1-2H3,(H,8,10)(H,9,11,12). The van der Waals surface area contributed by atoms with Crippen LogP contribution < -0.4 is 0 Å². The highest BCUT2D eigenvalue weighted by Gasteiger charge is 2.08. The van der Waals surface area contributed by atoms with Crippen molar-refractivity contribution in [1.82, 2.24) is 25.6 Å². The highest BCUT2D eigenvalue weighted by molar-refractivity contribution is 5.55. The molecule has 2 N–H and O–H groups in total. The van der Waals surface area contributed by atoms with E-state index < -0.39 is 0 Å². The molecule has 0 unspecified atom stereocenters. The van der Waals surface area contributed by atoms with Crippen molar-refractivity contribution in [3.05, 3.63) is 17.5 Å². The van der Waals surface area contributed by atoms with Crippen molar-refractivity contribution in [3.8, 4) is 11.4 Å². The number of aryl methyl sites for hydroxylation is 2. The van der Waals surface area contributed by atoms with Crippen LogP contribution in [-0.4, -0.2) is 25.6 Å². The monoisotopic (exact) mass is 163 g/mol. The highest BCUT2D eigenvalue weighted by atomic mass is 15.3.